The number of rotatable bonds is 6. The van der Waals surface area contributed by atoms with E-state index in [0.29, 0.717) is 6.04 Å². The zero-order valence-electron chi connectivity index (χ0n) is 17.6. The Balaban J connectivity index is 0. The van der Waals surface area contributed by atoms with Gasteiger partial charge in [-0.05, 0) is 50.3 Å². The van der Waals surface area contributed by atoms with Crippen LogP contribution in [0.3, 0.4) is 0 Å². The molecule has 0 radical (unpaired) electrons. The van der Waals surface area contributed by atoms with Crippen molar-refractivity contribution < 1.29 is 10.9 Å². The number of hydrogen-bond acceptors (Lipinski definition) is 6. The first kappa shape index (κ1) is 27.5. The van der Waals surface area contributed by atoms with Crippen LogP contribution >= 0.6 is 0 Å². The van der Waals surface area contributed by atoms with E-state index in [2.05, 4.69) is 15.3 Å². The van der Waals surface area contributed by atoms with E-state index in [9.17, 15) is 0 Å². The third-order valence-electron chi connectivity index (χ3n) is 5.21. The van der Waals surface area contributed by atoms with Gasteiger partial charge >= 0.3 is 0 Å². The molecule has 2 aliphatic rings. The SMILES string of the molecule is C.CCC(=Nc1ccccc1)NN.COC[C@@H]1CCCN1CC1CCOCC1.N.[HH]. The van der Waals surface area contributed by atoms with Crippen molar-refractivity contribution in [3.63, 3.8) is 0 Å². The summed E-state index contributed by atoms with van der Waals surface area (Å²) in [4.78, 5) is 6.90. The maximum Gasteiger partial charge on any atom is 0.116 e. The molecule has 2 saturated heterocycles. The normalized spacial score (nSPS) is 20.1. The molecule has 3 rings (SSSR count). The van der Waals surface area contributed by atoms with Gasteiger partial charge in [0.25, 0.3) is 0 Å². The van der Waals surface area contributed by atoms with Crippen molar-refractivity contribution in [1.82, 2.24) is 16.5 Å². The number of hydrazine groups is 1. The van der Waals surface area contributed by atoms with Gasteiger partial charge in [-0.2, -0.15) is 0 Å². The molecule has 2 heterocycles. The van der Waals surface area contributed by atoms with Gasteiger partial charge in [0.05, 0.1) is 12.3 Å². The summed E-state index contributed by atoms with van der Waals surface area (Å²) in [5.41, 5.74) is 3.47. The smallest absolute Gasteiger partial charge is 0.116 e. The minimum atomic E-state index is 0. The second kappa shape index (κ2) is 16.3. The van der Waals surface area contributed by atoms with Crippen LogP contribution in [-0.4, -0.2) is 56.8 Å². The lowest BCUT2D eigenvalue weighted by Crippen LogP contribution is -2.38. The van der Waals surface area contributed by atoms with Gasteiger partial charge in [0.15, 0.2) is 0 Å². The summed E-state index contributed by atoms with van der Waals surface area (Å²) < 4.78 is 10.7. The van der Waals surface area contributed by atoms with Gasteiger partial charge in [-0.1, -0.05) is 32.5 Å². The number of para-hydroxylation sites is 1. The Morgan fingerprint density at radius 3 is 2.55 bits per heavy atom. The molecule has 2 fully saturated rings. The van der Waals surface area contributed by atoms with E-state index in [0.717, 1.165) is 43.7 Å². The van der Waals surface area contributed by atoms with Crippen LogP contribution < -0.4 is 17.4 Å². The van der Waals surface area contributed by atoms with Gasteiger partial charge in [-0.3, -0.25) is 4.90 Å². The molecule has 0 spiro atoms. The number of ether oxygens (including phenoxy) is 2. The second-order valence-corrected chi connectivity index (χ2v) is 7.19. The highest BCUT2D eigenvalue weighted by molar-refractivity contribution is 5.83. The van der Waals surface area contributed by atoms with Gasteiger partial charge in [-0.15, -0.1) is 0 Å². The molecule has 0 unspecified atom stereocenters. The molecule has 0 aromatic heterocycles. The van der Waals surface area contributed by atoms with Crippen LogP contribution in [0.2, 0.25) is 0 Å². The van der Waals surface area contributed by atoms with E-state index in [1.807, 2.05) is 44.4 Å². The molecule has 1 aromatic rings. The van der Waals surface area contributed by atoms with Crippen LogP contribution in [-0.2, 0) is 9.47 Å². The molecule has 0 aliphatic carbocycles. The van der Waals surface area contributed by atoms with Crippen molar-refractivity contribution in [2.24, 2.45) is 16.8 Å². The van der Waals surface area contributed by atoms with Crippen molar-refractivity contribution in [1.29, 1.82) is 0 Å². The Labute approximate surface area is 179 Å². The minimum absolute atomic E-state index is 0. The van der Waals surface area contributed by atoms with Crippen molar-refractivity contribution in [2.75, 3.05) is 40.0 Å². The van der Waals surface area contributed by atoms with Crippen LogP contribution in [0, 0.1) is 5.92 Å². The van der Waals surface area contributed by atoms with E-state index in [4.69, 9.17) is 15.3 Å². The highest BCUT2D eigenvalue weighted by Gasteiger charge is 2.27. The Bertz CT molecular complexity index is 536. The standard InChI is InChI=1S/C12H23NO2.C9H13N3.CH4.H3N.H2/c1-14-10-12-3-2-6-13(12)9-11-4-7-15-8-5-11;1-2-9(12-10)11-8-6-4-3-5-7-8;;;/h11-12H,2-10H2,1H3;3-7H,2,10H2,1H3,(H,11,12);1H4;1H3;1H/t12-;;;;/m0..../s1. The van der Waals surface area contributed by atoms with E-state index >= 15 is 0 Å². The lowest BCUT2D eigenvalue weighted by Gasteiger charge is -2.30. The van der Waals surface area contributed by atoms with Crippen LogP contribution in [0.4, 0.5) is 5.69 Å². The summed E-state index contributed by atoms with van der Waals surface area (Å²) in [5, 5.41) is 0. The highest BCUT2D eigenvalue weighted by Crippen LogP contribution is 2.23. The molecule has 0 amide bonds. The molecule has 0 bridgehead atoms. The largest absolute Gasteiger partial charge is 0.383 e. The molecule has 1 aromatic carbocycles. The monoisotopic (exact) mass is 411 g/mol. The maximum absolute atomic E-state index is 5.40. The Morgan fingerprint density at radius 2 is 1.97 bits per heavy atom. The molecule has 170 valence electrons. The topological polar surface area (TPSA) is 107 Å². The Morgan fingerprint density at radius 1 is 1.28 bits per heavy atom. The fourth-order valence-electron chi connectivity index (χ4n) is 3.65. The Kier molecular flexibility index (Phi) is 15.5. The summed E-state index contributed by atoms with van der Waals surface area (Å²) in [5.74, 6) is 6.90. The highest BCUT2D eigenvalue weighted by atomic mass is 16.5. The summed E-state index contributed by atoms with van der Waals surface area (Å²) in [6, 6.07) is 10.4. The van der Waals surface area contributed by atoms with E-state index in [-0.39, 0.29) is 15.0 Å². The van der Waals surface area contributed by atoms with Gasteiger partial charge in [-0.25, -0.2) is 10.8 Å². The van der Waals surface area contributed by atoms with Crippen molar-refractivity contribution in [3.05, 3.63) is 30.3 Å². The van der Waals surface area contributed by atoms with Gasteiger partial charge in [0.2, 0.25) is 0 Å². The summed E-state index contributed by atoms with van der Waals surface area (Å²) in [6.45, 7) is 7.37. The molecule has 7 nitrogen and oxygen atoms in total. The van der Waals surface area contributed by atoms with E-state index in [1.165, 1.54) is 38.8 Å². The molecule has 6 N–H and O–H groups in total. The second-order valence-electron chi connectivity index (χ2n) is 7.19. The number of nitrogens with one attached hydrogen (secondary N) is 1. The third-order valence-corrected chi connectivity index (χ3v) is 5.21. The number of nitrogens with zero attached hydrogens (tertiary/aromatic N) is 2. The lowest BCUT2D eigenvalue weighted by atomic mass is 9.99. The van der Waals surface area contributed by atoms with Gasteiger partial charge in [0.1, 0.15) is 5.84 Å². The number of nitrogens with two attached hydrogens (primary N) is 1. The van der Waals surface area contributed by atoms with Crippen molar-refractivity contribution >= 4 is 11.5 Å². The predicted octanol–water partition coefficient (Wildman–Crippen LogP) is 4.16. The number of methoxy groups -OCH3 is 1. The van der Waals surface area contributed by atoms with Crippen molar-refractivity contribution in [2.45, 2.75) is 52.5 Å². The summed E-state index contributed by atoms with van der Waals surface area (Å²) >= 11 is 0. The average Bonchev–Trinajstić information content (AvgIpc) is 3.15. The molecule has 2 aliphatic heterocycles. The molecule has 0 saturated carbocycles. The average molecular weight is 412 g/mol. The fraction of sp³-hybridized carbons (Fsp3) is 0.682. The molecular formula is C22H45N5O2. The lowest BCUT2D eigenvalue weighted by molar-refractivity contribution is 0.0423. The van der Waals surface area contributed by atoms with E-state index in [1.54, 1.807) is 0 Å². The van der Waals surface area contributed by atoms with Crippen LogP contribution in [0.1, 0.15) is 47.9 Å². The van der Waals surface area contributed by atoms with Gasteiger partial charge < -0.3 is 21.1 Å². The fourth-order valence-corrected chi connectivity index (χ4v) is 3.65. The number of benzene rings is 1. The number of likely N-dealkylation sites (tertiary alicyclic amines) is 1. The number of aliphatic imine (C=N–C) groups is 1. The number of hydrogen-bond donors (Lipinski definition) is 3. The molecule has 29 heavy (non-hydrogen) atoms. The Hall–Kier alpha value is -1.51. The first-order valence-corrected chi connectivity index (χ1v) is 10.2. The van der Waals surface area contributed by atoms with Crippen LogP contribution in [0.5, 0.6) is 0 Å². The zero-order valence-corrected chi connectivity index (χ0v) is 17.6. The van der Waals surface area contributed by atoms with Crippen LogP contribution in [0.15, 0.2) is 35.3 Å². The summed E-state index contributed by atoms with van der Waals surface area (Å²) in [7, 11) is 1.81. The quantitative estimate of drug-likeness (QED) is 0.281. The van der Waals surface area contributed by atoms with E-state index < -0.39 is 0 Å². The molecule has 7 heteroatoms. The predicted molar refractivity (Wildman–Crippen MR) is 125 cm³/mol. The van der Waals surface area contributed by atoms with Crippen LogP contribution in [0.25, 0.3) is 0 Å². The number of amidine groups is 1. The third kappa shape index (κ3) is 10.2. The summed E-state index contributed by atoms with van der Waals surface area (Å²) in [6.07, 6.45) is 5.96. The first-order valence-electron chi connectivity index (χ1n) is 10.2. The van der Waals surface area contributed by atoms with Gasteiger partial charge in [0, 0.05) is 40.8 Å². The van der Waals surface area contributed by atoms with Crippen molar-refractivity contribution in [3.8, 4) is 0 Å². The first-order chi connectivity index (χ1) is 13.3. The maximum atomic E-state index is 5.40. The molecule has 1 atom stereocenters. The molecular weight excluding hydrogens is 366 g/mol. The zero-order chi connectivity index (χ0) is 19.3. The minimum Gasteiger partial charge on any atom is -0.383 e.